The van der Waals surface area contributed by atoms with Crippen LogP contribution < -0.4 is 0 Å². The van der Waals surface area contributed by atoms with Crippen molar-refractivity contribution >= 4 is 26.8 Å². The maximum absolute atomic E-state index is 4.31. The van der Waals surface area contributed by atoms with Crippen molar-refractivity contribution in [3.05, 3.63) is 28.4 Å². The van der Waals surface area contributed by atoms with Crippen molar-refractivity contribution in [3.8, 4) is 0 Å². The van der Waals surface area contributed by atoms with Crippen LogP contribution in [0.1, 0.15) is 5.56 Å². The first-order chi connectivity index (χ1) is 5.66. The molecular formula is C9H9BrN2. The summed E-state index contributed by atoms with van der Waals surface area (Å²) in [5, 5.41) is 5.49. The first-order valence-electron chi connectivity index (χ1n) is 3.76. The number of aromatic nitrogens is 2. The van der Waals surface area contributed by atoms with Crippen LogP contribution in [0.15, 0.2) is 22.8 Å². The van der Waals surface area contributed by atoms with Gasteiger partial charge in [0.15, 0.2) is 0 Å². The smallest absolute Gasteiger partial charge is 0.0926 e. The Hall–Kier alpha value is -0.830. The summed E-state index contributed by atoms with van der Waals surface area (Å²) in [6.07, 6.45) is 2.01. The van der Waals surface area contributed by atoms with Gasteiger partial charge in [0.2, 0.25) is 0 Å². The molecule has 0 N–H and O–H groups in total. The first-order valence-corrected chi connectivity index (χ1v) is 4.55. The Bertz CT molecular complexity index is 392. The Balaban J connectivity index is 2.83. The van der Waals surface area contributed by atoms with Crippen LogP contribution in [0.25, 0.3) is 10.9 Å². The average Bonchev–Trinajstić information content (AvgIpc) is 2.30. The van der Waals surface area contributed by atoms with Crippen molar-refractivity contribution in [2.75, 3.05) is 0 Å². The van der Waals surface area contributed by atoms with E-state index in [2.05, 4.69) is 40.1 Å². The van der Waals surface area contributed by atoms with Gasteiger partial charge in [0.25, 0.3) is 0 Å². The van der Waals surface area contributed by atoms with Gasteiger partial charge in [0.05, 0.1) is 5.52 Å². The lowest BCUT2D eigenvalue weighted by atomic mass is 10.2. The molecule has 0 fully saturated rings. The van der Waals surface area contributed by atoms with E-state index in [-0.39, 0.29) is 0 Å². The van der Waals surface area contributed by atoms with Crippen molar-refractivity contribution in [2.24, 2.45) is 7.05 Å². The Morgan fingerprint density at radius 3 is 2.92 bits per heavy atom. The van der Waals surface area contributed by atoms with Gasteiger partial charge in [-0.05, 0) is 24.6 Å². The highest BCUT2D eigenvalue weighted by Crippen LogP contribution is 2.22. The van der Waals surface area contributed by atoms with E-state index < -0.39 is 0 Å². The quantitative estimate of drug-likeness (QED) is 0.673. The second-order valence-electron chi connectivity index (χ2n) is 2.96. The van der Waals surface area contributed by atoms with Crippen LogP contribution in [0.3, 0.4) is 0 Å². The predicted molar refractivity (Wildman–Crippen MR) is 53.2 cm³/mol. The van der Waals surface area contributed by atoms with E-state index in [0.29, 0.717) is 0 Å². The molecule has 0 bridgehead atoms. The lowest BCUT2D eigenvalue weighted by Gasteiger charge is -1.95. The van der Waals surface area contributed by atoms with Gasteiger partial charge >= 0.3 is 0 Å². The predicted octanol–water partition coefficient (Wildman–Crippen LogP) is 2.64. The Kier molecular flexibility index (Phi) is 1.68. The molecule has 62 valence electrons. The molecule has 1 aromatic carbocycles. The molecule has 1 heterocycles. The summed E-state index contributed by atoms with van der Waals surface area (Å²) in [5.74, 6) is 0. The van der Waals surface area contributed by atoms with Gasteiger partial charge in [-0.3, -0.25) is 4.68 Å². The summed E-state index contributed by atoms with van der Waals surface area (Å²) in [5.41, 5.74) is 2.28. The molecule has 0 saturated heterocycles. The number of fused-ring (bicyclic) bond motifs is 1. The highest BCUT2D eigenvalue weighted by molar-refractivity contribution is 9.10. The summed E-state index contributed by atoms with van der Waals surface area (Å²) in [6, 6.07) is 4.18. The van der Waals surface area contributed by atoms with Crippen LogP contribution in [0.2, 0.25) is 0 Å². The van der Waals surface area contributed by atoms with Crippen LogP contribution in [-0.2, 0) is 7.05 Å². The van der Waals surface area contributed by atoms with Crippen LogP contribution >= 0.6 is 15.9 Å². The zero-order valence-electron chi connectivity index (χ0n) is 7.00. The second kappa shape index (κ2) is 2.59. The molecule has 3 heteroatoms. The average molecular weight is 225 g/mol. The van der Waals surface area contributed by atoms with Crippen molar-refractivity contribution in [1.29, 1.82) is 0 Å². The molecule has 0 saturated carbocycles. The van der Waals surface area contributed by atoms with Gasteiger partial charge in [0, 0.05) is 23.1 Å². The highest BCUT2D eigenvalue weighted by atomic mass is 79.9. The molecule has 0 aliphatic carbocycles. The standard InChI is InChI=1S/C9H9BrN2/c1-6-3-9-7(4-8(6)10)5-12(2)11-9/h3-5H,1-2H3. The maximum atomic E-state index is 4.31. The maximum Gasteiger partial charge on any atom is 0.0926 e. The van der Waals surface area contributed by atoms with Gasteiger partial charge in [-0.15, -0.1) is 0 Å². The summed E-state index contributed by atoms with van der Waals surface area (Å²) >= 11 is 3.49. The lowest BCUT2D eigenvalue weighted by molar-refractivity contribution is 0.779. The molecule has 0 unspecified atom stereocenters. The largest absolute Gasteiger partial charge is 0.275 e. The Morgan fingerprint density at radius 2 is 2.17 bits per heavy atom. The lowest BCUT2D eigenvalue weighted by Crippen LogP contribution is -1.84. The van der Waals surface area contributed by atoms with Crippen LogP contribution in [0.5, 0.6) is 0 Å². The number of benzene rings is 1. The molecular weight excluding hydrogens is 216 g/mol. The normalized spacial score (nSPS) is 10.9. The minimum absolute atomic E-state index is 1.05. The first kappa shape index (κ1) is 7.80. The molecule has 0 radical (unpaired) electrons. The summed E-state index contributed by atoms with van der Waals surface area (Å²) < 4.78 is 2.97. The molecule has 0 aliphatic rings. The van der Waals surface area contributed by atoms with E-state index in [1.807, 2.05) is 17.9 Å². The van der Waals surface area contributed by atoms with E-state index in [0.717, 1.165) is 9.99 Å². The molecule has 1 aromatic heterocycles. The van der Waals surface area contributed by atoms with Crippen LogP contribution in [0, 0.1) is 6.92 Å². The van der Waals surface area contributed by atoms with E-state index in [9.17, 15) is 0 Å². The van der Waals surface area contributed by atoms with E-state index >= 15 is 0 Å². The Labute approximate surface area is 79.3 Å². The molecule has 0 aliphatic heterocycles. The zero-order chi connectivity index (χ0) is 8.72. The Morgan fingerprint density at radius 1 is 1.42 bits per heavy atom. The van der Waals surface area contributed by atoms with Crippen molar-refractivity contribution in [3.63, 3.8) is 0 Å². The number of nitrogens with zero attached hydrogens (tertiary/aromatic N) is 2. The van der Waals surface area contributed by atoms with Crippen molar-refractivity contribution < 1.29 is 0 Å². The number of hydrogen-bond acceptors (Lipinski definition) is 1. The summed E-state index contributed by atoms with van der Waals surface area (Å²) in [7, 11) is 1.93. The zero-order valence-corrected chi connectivity index (χ0v) is 8.59. The van der Waals surface area contributed by atoms with Crippen molar-refractivity contribution in [1.82, 2.24) is 9.78 Å². The van der Waals surface area contributed by atoms with Gasteiger partial charge in [0.1, 0.15) is 0 Å². The molecule has 2 aromatic rings. The minimum Gasteiger partial charge on any atom is -0.275 e. The van der Waals surface area contributed by atoms with E-state index in [1.54, 1.807) is 0 Å². The summed E-state index contributed by atoms with van der Waals surface area (Å²) in [6.45, 7) is 2.07. The summed E-state index contributed by atoms with van der Waals surface area (Å²) in [4.78, 5) is 0. The number of halogens is 1. The second-order valence-corrected chi connectivity index (χ2v) is 3.82. The van der Waals surface area contributed by atoms with Crippen LogP contribution in [0.4, 0.5) is 0 Å². The molecule has 0 spiro atoms. The number of hydrogen-bond donors (Lipinski definition) is 0. The van der Waals surface area contributed by atoms with Crippen LogP contribution in [-0.4, -0.2) is 9.78 Å². The van der Waals surface area contributed by atoms with E-state index in [1.165, 1.54) is 10.9 Å². The molecule has 0 amide bonds. The molecule has 0 atom stereocenters. The minimum atomic E-state index is 1.05. The highest BCUT2D eigenvalue weighted by Gasteiger charge is 2.01. The molecule has 2 rings (SSSR count). The van der Waals surface area contributed by atoms with Crippen molar-refractivity contribution in [2.45, 2.75) is 6.92 Å². The molecule has 12 heavy (non-hydrogen) atoms. The van der Waals surface area contributed by atoms with Gasteiger partial charge in [-0.2, -0.15) is 5.10 Å². The topological polar surface area (TPSA) is 17.8 Å². The van der Waals surface area contributed by atoms with Gasteiger partial charge in [-0.1, -0.05) is 15.9 Å². The third-order valence-corrected chi connectivity index (χ3v) is 2.75. The third-order valence-electron chi connectivity index (χ3n) is 1.90. The molecule has 2 nitrogen and oxygen atoms in total. The monoisotopic (exact) mass is 224 g/mol. The van der Waals surface area contributed by atoms with Gasteiger partial charge < -0.3 is 0 Å². The number of aryl methyl sites for hydroxylation is 2. The third kappa shape index (κ3) is 1.14. The fourth-order valence-electron chi connectivity index (χ4n) is 1.27. The number of rotatable bonds is 0. The van der Waals surface area contributed by atoms with Gasteiger partial charge in [-0.25, -0.2) is 0 Å². The fourth-order valence-corrected chi connectivity index (χ4v) is 1.63. The SMILES string of the molecule is Cc1cc2nn(C)cc2cc1Br. The van der Waals surface area contributed by atoms with E-state index in [4.69, 9.17) is 0 Å². The fraction of sp³-hybridized carbons (Fsp3) is 0.222.